The third-order valence-electron chi connectivity index (χ3n) is 13.2. The molecule has 0 aromatic heterocycles. The minimum Gasteiger partial charge on any atom is -0.355 e. The van der Waals surface area contributed by atoms with Gasteiger partial charge in [0.25, 0.3) is 0 Å². The number of aryl methyl sites for hydroxylation is 3. The van der Waals surface area contributed by atoms with Crippen LogP contribution in [0.25, 0.3) is 40.0 Å². The van der Waals surface area contributed by atoms with Crippen LogP contribution in [0.2, 0.25) is 0 Å². The molecule has 0 heterocycles. The molecule has 64 heavy (non-hydrogen) atoms. The number of fused-ring (bicyclic) bond motifs is 6. The van der Waals surface area contributed by atoms with E-state index in [2.05, 4.69) is 222 Å². The first-order chi connectivity index (χ1) is 30.8. The highest BCUT2D eigenvalue weighted by atomic mass is 14.9. The molecule has 0 radical (unpaired) electrons. The average Bonchev–Trinajstić information content (AvgIpc) is 4.07. The summed E-state index contributed by atoms with van der Waals surface area (Å²) in [7, 11) is 0. The number of rotatable bonds is 10. The van der Waals surface area contributed by atoms with Gasteiger partial charge >= 0.3 is 0 Å². The van der Waals surface area contributed by atoms with Gasteiger partial charge in [-0.1, -0.05) is 180 Å². The highest BCUT2D eigenvalue weighted by molar-refractivity contribution is 5.90. The van der Waals surface area contributed by atoms with Gasteiger partial charge in [0, 0.05) is 16.8 Å². The molecule has 3 aliphatic carbocycles. The maximum absolute atomic E-state index is 4.40. The highest BCUT2D eigenvalue weighted by Gasteiger charge is 2.47. The number of anilines is 1. The molecule has 1 fully saturated rings. The molecular weight excluding hydrogens is 771 g/mol. The monoisotopic (exact) mass is 838 g/mol. The molecule has 1 N–H and O–H groups in total. The SMILES string of the molecule is C=C/C(Nc1cccc(C)c1)=C1\C(=C)c2ccccc2C2CC12.C=C/C=C\C(=C/C)c1ccc(C)c(C(=C/C)/C(C)=C\C)c1.C=Cc1ccc2c(c1C=C)-c1ccc(C)cc1C2(C)C. The molecule has 1 nitrogen and oxygen atoms in total. The summed E-state index contributed by atoms with van der Waals surface area (Å²) in [6, 6.07) is 34.9. The van der Waals surface area contributed by atoms with Gasteiger partial charge in [-0.15, -0.1) is 0 Å². The Labute approximate surface area is 385 Å². The van der Waals surface area contributed by atoms with Crippen LogP contribution in [0.5, 0.6) is 0 Å². The fourth-order valence-electron chi connectivity index (χ4n) is 9.55. The van der Waals surface area contributed by atoms with Crippen molar-refractivity contribution in [1.82, 2.24) is 0 Å². The number of benzene rings is 5. The summed E-state index contributed by atoms with van der Waals surface area (Å²) in [5, 5.41) is 3.56. The van der Waals surface area contributed by atoms with E-state index in [1.165, 1.54) is 95.5 Å². The number of nitrogens with one attached hydrogen (secondary N) is 1. The molecule has 5 aromatic rings. The van der Waals surface area contributed by atoms with E-state index in [1.54, 1.807) is 6.08 Å². The lowest BCUT2D eigenvalue weighted by Gasteiger charge is -2.23. The predicted octanol–water partition coefficient (Wildman–Crippen LogP) is 17.8. The van der Waals surface area contributed by atoms with Crippen LogP contribution in [-0.2, 0) is 5.41 Å². The number of hydrogen-bond acceptors (Lipinski definition) is 1. The number of allylic oxidation sites excluding steroid dienone is 12. The maximum Gasteiger partial charge on any atom is 0.0419 e. The lowest BCUT2D eigenvalue weighted by Crippen LogP contribution is -2.15. The maximum atomic E-state index is 4.40. The quantitative estimate of drug-likeness (QED) is 0.138. The van der Waals surface area contributed by atoms with Crippen LogP contribution < -0.4 is 5.32 Å². The zero-order valence-electron chi connectivity index (χ0n) is 39.8. The zero-order valence-corrected chi connectivity index (χ0v) is 39.8. The Balaban J connectivity index is 0.000000160. The first-order valence-electron chi connectivity index (χ1n) is 22.7. The van der Waals surface area contributed by atoms with Crippen LogP contribution >= 0.6 is 0 Å². The first-order valence-corrected chi connectivity index (χ1v) is 22.7. The highest BCUT2D eigenvalue weighted by Crippen LogP contribution is 2.61. The van der Waals surface area contributed by atoms with Gasteiger partial charge in [0.15, 0.2) is 0 Å². The van der Waals surface area contributed by atoms with E-state index in [0.29, 0.717) is 11.8 Å². The second-order valence-corrected chi connectivity index (χ2v) is 17.7. The molecule has 324 valence electrons. The van der Waals surface area contributed by atoms with Crippen molar-refractivity contribution in [3.63, 3.8) is 0 Å². The summed E-state index contributed by atoms with van der Waals surface area (Å²) in [4.78, 5) is 0. The van der Waals surface area contributed by atoms with Crippen LogP contribution in [0.15, 0.2) is 189 Å². The molecule has 0 amide bonds. The Morgan fingerprint density at radius 2 is 1.47 bits per heavy atom. The summed E-state index contributed by atoms with van der Waals surface area (Å²) in [5.41, 5.74) is 25.6. The normalized spacial score (nSPS) is 17.6. The van der Waals surface area contributed by atoms with E-state index in [1.807, 2.05) is 24.3 Å². The van der Waals surface area contributed by atoms with Gasteiger partial charge in [-0.05, 0) is 186 Å². The molecule has 1 saturated carbocycles. The van der Waals surface area contributed by atoms with E-state index in [0.717, 1.165) is 22.5 Å². The molecule has 0 aliphatic heterocycles. The van der Waals surface area contributed by atoms with Crippen molar-refractivity contribution in [3.05, 3.63) is 251 Å². The molecule has 1 heteroatoms. The molecule has 8 rings (SSSR count). The molecule has 2 unspecified atom stereocenters. The van der Waals surface area contributed by atoms with Crippen LogP contribution in [0.4, 0.5) is 5.69 Å². The predicted molar refractivity (Wildman–Crippen MR) is 285 cm³/mol. The van der Waals surface area contributed by atoms with E-state index in [9.17, 15) is 0 Å². The third kappa shape index (κ3) is 9.46. The minimum atomic E-state index is 0.0497. The van der Waals surface area contributed by atoms with Crippen LogP contribution in [0.1, 0.15) is 115 Å². The Hall–Kier alpha value is -6.70. The van der Waals surface area contributed by atoms with Crippen molar-refractivity contribution in [3.8, 4) is 11.1 Å². The van der Waals surface area contributed by atoms with Gasteiger partial charge in [0.05, 0.1) is 0 Å². The molecule has 5 aromatic carbocycles. The summed E-state index contributed by atoms with van der Waals surface area (Å²) in [6.07, 6.45) is 19.4. The van der Waals surface area contributed by atoms with E-state index in [-0.39, 0.29) is 5.41 Å². The summed E-state index contributed by atoms with van der Waals surface area (Å²) >= 11 is 0. The van der Waals surface area contributed by atoms with E-state index >= 15 is 0 Å². The van der Waals surface area contributed by atoms with Gasteiger partial charge < -0.3 is 5.32 Å². The number of hydrogen-bond donors (Lipinski definition) is 1. The van der Waals surface area contributed by atoms with Gasteiger partial charge in [0.1, 0.15) is 0 Å². The minimum absolute atomic E-state index is 0.0497. The van der Waals surface area contributed by atoms with Crippen LogP contribution in [0, 0.1) is 26.7 Å². The van der Waals surface area contributed by atoms with E-state index < -0.39 is 0 Å². The fourth-order valence-corrected chi connectivity index (χ4v) is 9.55. The van der Waals surface area contributed by atoms with Gasteiger partial charge in [-0.25, -0.2) is 0 Å². The summed E-state index contributed by atoms with van der Waals surface area (Å²) < 4.78 is 0. The lowest BCUT2D eigenvalue weighted by molar-refractivity contribution is 0.659. The zero-order chi connectivity index (χ0) is 46.3. The molecule has 0 saturated heterocycles. The smallest absolute Gasteiger partial charge is 0.0419 e. The van der Waals surface area contributed by atoms with Gasteiger partial charge in [-0.2, -0.15) is 0 Å². The summed E-state index contributed by atoms with van der Waals surface area (Å²) in [5.74, 6) is 1.24. The van der Waals surface area contributed by atoms with Crippen molar-refractivity contribution < 1.29 is 0 Å². The molecule has 0 bridgehead atoms. The standard InChI is InChI=1S/C22H21N.C21H26.C20H20/c1-4-21(23-16-9-7-8-14(2)12-16)22-15(3)17-10-5-6-11-18(17)19-13-20(19)22;1-7-11-12-18(9-3)19-14-13-17(6)21(15-19)20(10-4)16(5)8-2;1-6-14-9-11-17-19(15(14)7-2)16-10-8-13(3)12-18(16)20(17,4)5/h4-12,19-20,23H,1,3,13H2,2H3;7-15H,1H2,2-6H3;6-12H,1-2H2,3-5H3/b22-21-;12-11-,16-8-,18-9+,20-10+;. The average molecular weight is 838 g/mol. The van der Waals surface area contributed by atoms with Crippen LogP contribution in [-0.4, -0.2) is 0 Å². The fraction of sp³-hybridized carbons (Fsp3) is 0.206. The topological polar surface area (TPSA) is 12.0 Å². The summed E-state index contributed by atoms with van der Waals surface area (Å²) in [6.45, 7) is 39.6. The van der Waals surface area contributed by atoms with Crippen LogP contribution in [0.3, 0.4) is 0 Å². The largest absolute Gasteiger partial charge is 0.355 e. The van der Waals surface area contributed by atoms with Crippen molar-refractivity contribution in [2.75, 3.05) is 5.32 Å². The van der Waals surface area contributed by atoms with Crippen molar-refractivity contribution in [2.45, 2.75) is 80.1 Å². The van der Waals surface area contributed by atoms with Crippen molar-refractivity contribution >= 4 is 34.6 Å². The second-order valence-electron chi connectivity index (χ2n) is 17.7. The Kier molecular flexibility index (Phi) is 14.8. The third-order valence-corrected chi connectivity index (χ3v) is 13.2. The Morgan fingerprint density at radius 3 is 2.12 bits per heavy atom. The second kappa shape index (κ2) is 20.2. The molecular formula is C63H67N. The Morgan fingerprint density at radius 1 is 0.719 bits per heavy atom. The molecule has 2 atom stereocenters. The lowest BCUT2D eigenvalue weighted by atomic mass is 9.81. The van der Waals surface area contributed by atoms with E-state index in [4.69, 9.17) is 0 Å². The van der Waals surface area contributed by atoms with Crippen molar-refractivity contribution in [1.29, 1.82) is 0 Å². The first kappa shape index (κ1) is 46.8. The van der Waals surface area contributed by atoms with Gasteiger partial charge in [0.2, 0.25) is 0 Å². The molecule has 0 spiro atoms. The Bertz CT molecular complexity index is 2800. The molecule has 3 aliphatic rings. The van der Waals surface area contributed by atoms with Crippen molar-refractivity contribution in [2.24, 2.45) is 5.92 Å². The van der Waals surface area contributed by atoms with Gasteiger partial charge in [-0.3, -0.25) is 0 Å².